The van der Waals surface area contributed by atoms with Crippen molar-refractivity contribution in [1.29, 1.82) is 0 Å². The maximum Gasteiger partial charge on any atom is 0.248 e. The SMILES string of the molecule is Cn1cc(C(=O)c2ccc(Cl)cc2Cl)cc1/C=C/C(=O)Nc1ccc(Cl)cc1Cl. The number of ketones is 1. The minimum Gasteiger partial charge on any atom is -0.350 e. The van der Waals surface area contributed by atoms with Crippen LogP contribution in [-0.2, 0) is 11.8 Å². The third-order valence-electron chi connectivity index (χ3n) is 4.08. The van der Waals surface area contributed by atoms with Gasteiger partial charge < -0.3 is 9.88 Å². The van der Waals surface area contributed by atoms with Crippen LogP contribution in [0.2, 0.25) is 20.1 Å². The van der Waals surface area contributed by atoms with E-state index < -0.39 is 0 Å². The van der Waals surface area contributed by atoms with E-state index in [9.17, 15) is 9.59 Å². The molecule has 8 heteroatoms. The summed E-state index contributed by atoms with van der Waals surface area (Å²) in [5.74, 6) is -0.608. The van der Waals surface area contributed by atoms with Crippen LogP contribution in [0.5, 0.6) is 0 Å². The Bertz CT molecular complexity index is 1140. The van der Waals surface area contributed by atoms with Crippen molar-refractivity contribution in [3.05, 3.63) is 91.6 Å². The molecule has 0 saturated carbocycles. The number of hydrogen-bond donors (Lipinski definition) is 1. The molecule has 1 heterocycles. The maximum absolute atomic E-state index is 12.7. The van der Waals surface area contributed by atoms with Crippen LogP contribution in [0.4, 0.5) is 5.69 Å². The van der Waals surface area contributed by atoms with Gasteiger partial charge in [0.1, 0.15) is 0 Å². The number of anilines is 1. The van der Waals surface area contributed by atoms with E-state index in [0.717, 1.165) is 0 Å². The van der Waals surface area contributed by atoms with Crippen molar-refractivity contribution >= 4 is 69.9 Å². The summed E-state index contributed by atoms with van der Waals surface area (Å²) in [6, 6.07) is 11.2. The summed E-state index contributed by atoms with van der Waals surface area (Å²) in [7, 11) is 1.77. The average molecular weight is 468 g/mol. The number of amides is 1. The number of carbonyl (C=O) groups is 2. The molecular formula is C21H14Cl4N2O2. The van der Waals surface area contributed by atoms with E-state index in [4.69, 9.17) is 46.4 Å². The standard InChI is InChI=1S/C21H14Cl4N2O2/c1-27-11-12(21(29)16-5-2-13(22)9-17(16)24)8-15(27)4-7-20(28)26-19-6-3-14(23)10-18(19)25/h2-11H,1H3,(H,26,28)/b7-4+. The topological polar surface area (TPSA) is 51.1 Å². The number of aryl methyl sites for hydroxylation is 1. The lowest BCUT2D eigenvalue weighted by molar-refractivity contribution is -0.111. The molecule has 29 heavy (non-hydrogen) atoms. The van der Waals surface area contributed by atoms with Crippen molar-refractivity contribution in [3.8, 4) is 0 Å². The Labute approximate surface area is 187 Å². The highest BCUT2D eigenvalue weighted by Crippen LogP contribution is 2.26. The van der Waals surface area contributed by atoms with Gasteiger partial charge in [0.05, 0.1) is 15.7 Å². The zero-order valence-electron chi connectivity index (χ0n) is 15.0. The highest BCUT2D eigenvalue weighted by Gasteiger charge is 2.15. The number of hydrogen-bond acceptors (Lipinski definition) is 2. The zero-order chi connectivity index (χ0) is 21.1. The molecule has 0 atom stereocenters. The third kappa shape index (κ3) is 5.22. The Morgan fingerprint density at radius 1 is 0.931 bits per heavy atom. The fourth-order valence-electron chi connectivity index (χ4n) is 2.63. The summed E-state index contributed by atoms with van der Waals surface area (Å²) in [5.41, 5.74) is 1.91. The zero-order valence-corrected chi connectivity index (χ0v) is 18.1. The van der Waals surface area contributed by atoms with Gasteiger partial charge in [0.2, 0.25) is 5.91 Å². The number of carbonyl (C=O) groups excluding carboxylic acids is 2. The molecule has 3 aromatic rings. The third-order valence-corrected chi connectivity index (χ3v) is 5.17. The summed E-state index contributed by atoms with van der Waals surface area (Å²) in [5, 5.41) is 4.22. The number of benzene rings is 2. The van der Waals surface area contributed by atoms with Gasteiger partial charge in [-0.15, -0.1) is 0 Å². The number of aromatic nitrogens is 1. The quantitative estimate of drug-likeness (QED) is 0.343. The molecule has 1 amide bonds. The van der Waals surface area contributed by atoms with E-state index in [0.29, 0.717) is 37.6 Å². The summed E-state index contributed by atoms with van der Waals surface area (Å²) >= 11 is 23.9. The van der Waals surface area contributed by atoms with Crippen molar-refractivity contribution < 1.29 is 9.59 Å². The fourth-order valence-corrected chi connectivity index (χ4v) is 3.58. The molecule has 0 aliphatic rings. The summed E-state index contributed by atoms with van der Waals surface area (Å²) in [4.78, 5) is 24.9. The number of rotatable bonds is 5. The van der Waals surface area contributed by atoms with Crippen LogP contribution in [0.25, 0.3) is 6.08 Å². The van der Waals surface area contributed by atoms with Crippen molar-refractivity contribution in [2.45, 2.75) is 0 Å². The minimum atomic E-state index is -0.371. The molecule has 0 fully saturated rings. The Hall–Kier alpha value is -2.24. The molecule has 1 aromatic heterocycles. The Balaban J connectivity index is 1.76. The largest absolute Gasteiger partial charge is 0.350 e. The van der Waals surface area contributed by atoms with Gasteiger partial charge in [0.15, 0.2) is 5.78 Å². The van der Waals surface area contributed by atoms with E-state index in [1.165, 1.54) is 12.1 Å². The number of halogens is 4. The molecule has 148 valence electrons. The van der Waals surface area contributed by atoms with Crippen LogP contribution < -0.4 is 5.32 Å². The molecule has 0 saturated heterocycles. The van der Waals surface area contributed by atoms with Gasteiger partial charge >= 0.3 is 0 Å². The van der Waals surface area contributed by atoms with E-state index in [1.54, 1.807) is 60.3 Å². The second-order valence-corrected chi connectivity index (χ2v) is 7.85. The van der Waals surface area contributed by atoms with Crippen molar-refractivity contribution in [3.63, 3.8) is 0 Å². The van der Waals surface area contributed by atoms with Gasteiger partial charge in [0, 0.05) is 46.2 Å². The Morgan fingerprint density at radius 3 is 2.24 bits per heavy atom. The van der Waals surface area contributed by atoms with E-state index in [1.807, 2.05) is 0 Å². The summed E-state index contributed by atoms with van der Waals surface area (Å²) in [6.07, 6.45) is 4.62. The summed E-state index contributed by atoms with van der Waals surface area (Å²) < 4.78 is 1.73. The van der Waals surface area contributed by atoms with Crippen LogP contribution in [0, 0.1) is 0 Å². The van der Waals surface area contributed by atoms with Crippen LogP contribution in [0.1, 0.15) is 21.6 Å². The monoisotopic (exact) mass is 466 g/mol. The second-order valence-electron chi connectivity index (χ2n) is 6.16. The molecule has 0 spiro atoms. The number of nitrogens with one attached hydrogen (secondary N) is 1. The summed E-state index contributed by atoms with van der Waals surface area (Å²) in [6.45, 7) is 0. The molecule has 1 N–H and O–H groups in total. The molecule has 2 aromatic carbocycles. The lowest BCUT2D eigenvalue weighted by Gasteiger charge is -2.05. The minimum absolute atomic E-state index is 0.237. The average Bonchev–Trinajstić information content (AvgIpc) is 3.03. The first-order valence-corrected chi connectivity index (χ1v) is 9.86. The van der Waals surface area contributed by atoms with Gasteiger partial charge in [-0.05, 0) is 48.5 Å². The van der Waals surface area contributed by atoms with E-state index >= 15 is 0 Å². The lowest BCUT2D eigenvalue weighted by atomic mass is 10.1. The van der Waals surface area contributed by atoms with Crippen molar-refractivity contribution in [2.24, 2.45) is 7.05 Å². The molecule has 0 aliphatic carbocycles. The maximum atomic E-state index is 12.7. The molecule has 4 nitrogen and oxygen atoms in total. The van der Waals surface area contributed by atoms with E-state index in [-0.39, 0.29) is 16.7 Å². The normalized spacial score (nSPS) is 11.1. The lowest BCUT2D eigenvalue weighted by Crippen LogP contribution is -2.08. The van der Waals surface area contributed by atoms with Crippen molar-refractivity contribution in [2.75, 3.05) is 5.32 Å². The van der Waals surface area contributed by atoms with E-state index in [2.05, 4.69) is 5.32 Å². The predicted molar refractivity (Wildman–Crippen MR) is 119 cm³/mol. The van der Waals surface area contributed by atoms with Gasteiger partial charge in [-0.2, -0.15) is 0 Å². The van der Waals surface area contributed by atoms with Crippen LogP contribution in [0.15, 0.2) is 54.7 Å². The molecular weight excluding hydrogens is 454 g/mol. The first kappa shape index (κ1) is 21.5. The van der Waals surface area contributed by atoms with Gasteiger partial charge in [-0.3, -0.25) is 9.59 Å². The smallest absolute Gasteiger partial charge is 0.248 e. The first-order valence-electron chi connectivity index (χ1n) is 8.35. The Morgan fingerprint density at radius 2 is 1.59 bits per heavy atom. The van der Waals surface area contributed by atoms with Gasteiger partial charge in [-0.25, -0.2) is 0 Å². The molecule has 0 aliphatic heterocycles. The highest BCUT2D eigenvalue weighted by molar-refractivity contribution is 6.38. The highest BCUT2D eigenvalue weighted by atomic mass is 35.5. The molecule has 0 radical (unpaired) electrons. The fraction of sp³-hybridized carbons (Fsp3) is 0.0476. The molecule has 0 bridgehead atoms. The van der Waals surface area contributed by atoms with Crippen molar-refractivity contribution in [1.82, 2.24) is 4.57 Å². The van der Waals surface area contributed by atoms with Crippen LogP contribution >= 0.6 is 46.4 Å². The second kappa shape index (κ2) is 9.06. The molecule has 3 rings (SSSR count). The Kier molecular flexibility index (Phi) is 6.70. The molecule has 0 unspecified atom stereocenters. The van der Waals surface area contributed by atoms with Crippen LogP contribution in [-0.4, -0.2) is 16.3 Å². The van der Waals surface area contributed by atoms with Gasteiger partial charge in [0.25, 0.3) is 0 Å². The number of nitrogens with zero attached hydrogens (tertiary/aromatic N) is 1. The first-order chi connectivity index (χ1) is 13.7. The predicted octanol–water partition coefficient (Wildman–Crippen LogP) is 6.52. The van der Waals surface area contributed by atoms with Gasteiger partial charge in [-0.1, -0.05) is 46.4 Å². The van der Waals surface area contributed by atoms with Crippen LogP contribution in [0.3, 0.4) is 0 Å².